The third kappa shape index (κ3) is 1.29. The molecule has 68 valence electrons. The van der Waals surface area contributed by atoms with Crippen molar-refractivity contribution in [1.82, 2.24) is 0 Å². The Morgan fingerprint density at radius 2 is 2.00 bits per heavy atom. The van der Waals surface area contributed by atoms with Gasteiger partial charge in [-0.1, -0.05) is 11.3 Å². The number of phenolic OH excluding ortho intramolecular Hbond substituents is 2. The maximum absolute atomic E-state index is 9.46. The standard InChI is InChI=1S/C9H8O3S/c1-12-8-3-5-2-6(10)4-7(11)9(5)13-8/h2-4,10-11H,1H3. The molecule has 0 bridgehead atoms. The Morgan fingerprint density at radius 3 is 2.69 bits per heavy atom. The molecule has 0 aliphatic heterocycles. The van der Waals surface area contributed by atoms with Crippen LogP contribution in [0.1, 0.15) is 0 Å². The number of aromatic hydroxyl groups is 2. The van der Waals surface area contributed by atoms with Crippen LogP contribution in [0.2, 0.25) is 0 Å². The fourth-order valence-electron chi connectivity index (χ4n) is 1.20. The summed E-state index contributed by atoms with van der Waals surface area (Å²) in [7, 11) is 1.57. The number of benzene rings is 1. The Hall–Kier alpha value is -1.42. The second-order valence-corrected chi connectivity index (χ2v) is 3.67. The van der Waals surface area contributed by atoms with Crippen molar-refractivity contribution in [3.63, 3.8) is 0 Å². The van der Waals surface area contributed by atoms with E-state index in [-0.39, 0.29) is 11.5 Å². The van der Waals surface area contributed by atoms with Crippen molar-refractivity contribution in [3.05, 3.63) is 18.2 Å². The molecule has 13 heavy (non-hydrogen) atoms. The molecule has 0 fully saturated rings. The Morgan fingerprint density at radius 1 is 1.23 bits per heavy atom. The highest BCUT2D eigenvalue weighted by Gasteiger charge is 2.07. The Bertz CT molecular complexity index is 447. The number of ether oxygens (including phenoxy) is 1. The third-order valence-electron chi connectivity index (χ3n) is 1.76. The Kier molecular flexibility index (Phi) is 1.77. The highest BCUT2D eigenvalue weighted by molar-refractivity contribution is 7.21. The van der Waals surface area contributed by atoms with Crippen molar-refractivity contribution in [2.45, 2.75) is 0 Å². The molecule has 0 aliphatic rings. The first kappa shape index (κ1) is 8.19. The summed E-state index contributed by atoms with van der Waals surface area (Å²) in [6.07, 6.45) is 0. The lowest BCUT2D eigenvalue weighted by Crippen LogP contribution is -1.73. The molecular weight excluding hydrogens is 188 g/mol. The van der Waals surface area contributed by atoms with Crippen molar-refractivity contribution >= 4 is 21.4 Å². The fourth-order valence-corrected chi connectivity index (χ4v) is 2.07. The van der Waals surface area contributed by atoms with Crippen molar-refractivity contribution in [2.24, 2.45) is 0 Å². The smallest absolute Gasteiger partial charge is 0.174 e. The maximum Gasteiger partial charge on any atom is 0.174 e. The van der Waals surface area contributed by atoms with Gasteiger partial charge in [0.25, 0.3) is 0 Å². The average molecular weight is 196 g/mol. The van der Waals surface area contributed by atoms with E-state index in [1.807, 2.05) is 0 Å². The van der Waals surface area contributed by atoms with Gasteiger partial charge in [0.05, 0.1) is 11.8 Å². The van der Waals surface area contributed by atoms with Crippen LogP contribution in [0.4, 0.5) is 0 Å². The van der Waals surface area contributed by atoms with Gasteiger partial charge < -0.3 is 14.9 Å². The SMILES string of the molecule is COc1cc2cc(O)cc(O)c2s1. The van der Waals surface area contributed by atoms with E-state index >= 15 is 0 Å². The Balaban J connectivity index is 2.75. The highest BCUT2D eigenvalue weighted by atomic mass is 32.1. The summed E-state index contributed by atoms with van der Waals surface area (Å²) in [6.45, 7) is 0. The van der Waals surface area contributed by atoms with Gasteiger partial charge in [0.2, 0.25) is 0 Å². The summed E-state index contributed by atoms with van der Waals surface area (Å²) >= 11 is 1.35. The van der Waals surface area contributed by atoms with Gasteiger partial charge in [-0.3, -0.25) is 0 Å². The molecule has 0 amide bonds. The molecule has 0 spiro atoms. The quantitative estimate of drug-likeness (QED) is 0.735. The van der Waals surface area contributed by atoms with Crippen LogP contribution in [-0.4, -0.2) is 17.3 Å². The van der Waals surface area contributed by atoms with Crippen LogP contribution >= 0.6 is 11.3 Å². The summed E-state index contributed by atoms with van der Waals surface area (Å²) in [5.74, 6) is 0.147. The van der Waals surface area contributed by atoms with Gasteiger partial charge in [0.1, 0.15) is 11.5 Å². The monoisotopic (exact) mass is 196 g/mol. The van der Waals surface area contributed by atoms with Crippen LogP contribution in [0.25, 0.3) is 10.1 Å². The Labute approximate surface area is 78.8 Å². The van der Waals surface area contributed by atoms with Crippen molar-refractivity contribution in [1.29, 1.82) is 0 Å². The van der Waals surface area contributed by atoms with Crippen LogP contribution in [-0.2, 0) is 0 Å². The number of fused-ring (bicyclic) bond motifs is 1. The van der Waals surface area contributed by atoms with E-state index < -0.39 is 0 Å². The summed E-state index contributed by atoms with van der Waals surface area (Å²) in [4.78, 5) is 0. The first-order valence-electron chi connectivity index (χ1n) is 3.70. The van der Waals surface area contributed by atoms with E-state index in [0.717, 1.165) is 15.1 Å². The highest BCUT2D eigenvalue weighted by Crippen LogP contribution is 2.39. The van der Waals surface area contributed by atoms with Gasteiger partial charge in [-0.05, 0) is 12.1 Å². The molecule has 0 saturated heterocycles. The van der Waals surface area contributed by atoms with Gasteiger partial charge in [0.15, 0.2) is 5.06 Å². The van der Waals surface area contributed by atoms with Crippen molar-refractivity contribution in [2.75, 3.05) is 7.11 Å². The molecule has 0 unspecified atom stereocenters. The van der Waals surface area contributed by atoms with Gasteiger partial charge in [-0.25, -0.2) is 0 Å². The minimum absolute atomic E-state index is 0.0606. The predicted molar refractivity (Wildman–Crippen MR) is 51.7 cm³/mol. The average Bonchev–Trinajstić information content (AvgIpc) is 2.47. The molecule has 4 heteroatoms. The molecule has 0 radical (unpaired) electrons. The molecule has 2 aromatic rings. The molecule has 1 heterocycles. The van der Waals surface area contributed by atoms with Crippen LogP contribution < -0.4 is 4.74 Å². The number of rotatable bonds is 1. The first-order chi connectivity index (χ1) is 6.20. The first-order valence-corrected chi connectivity index (χ1v) is 4.52. The van der Waals surface area contributed by atoms with Gasteiger partial charge >= 0.3 is 0 Å². The van der Waals surface area contributed by atoms with E-state index in [0.29, 0.717) is 0 Å². The van der Waals surface area contributed by atoms with Crippen molar-refractivity contribution in [3.8, 4) is 16.6 Å². The predicted octanol–water partition coefficient (Wildman–Crippen LogP) is 2.32. The molecule has 0 atom stereocenters. The van der Waals surface area contributed by atoms with Crippen LogP contribution in [0.3, 0.4) is 0 Å². The van der Waals surface area contributed by atoms with Gasteiger partial charge in [-0.15, -0.1) is 0 Å². The molecule has 1 aromatic heterocycles. The number of phenols is 2. The van der Waals surface area contributed by atoms with Crippen molar-refractivity contribution < 1.29 is 14.9 Å². The number of hydrogen-bond acceptors (Lipinski definition) is 4. The molecule has 1 aromatic carbocycles. The molecular formula is C9H8O3S. The van der Waals surface area contributed by atoms with Crippen LogP contribution in [0.15, 0.2) is 18.2 Å². The summed E-state index contributed by atoms with van der Waals surface area (Å²) in [5, 5.41) is 20.2. The zero-order chi connectivity index (χ0) is 9.42. The van der Waals surface area contributed by atoms with E-state index in [1.165, 1.54) is 17.4 Å². The number of hydrogen-bond donors (Lipinski definition) is 2. The zero-order valence-electron chi connectivity index (χ0n) is 6.94. The summed E-state index contributed by atoms with van der Waals surface area (Å²) < 4.78 is 5.75. The second kappa shape index (κ2) is 2.81. The number of thiophene rings is 1. The summed E-state index contributed by atoms with van der Waals surface area (Å²) in [5.41, 5.74) is 0. The van der Waals surface area contributed by atoms with Gasteiger partial charge in [0, 0.05) is 11.5 Å². The lowest BCUT2D eigenvalue weighted by Gasteiger charge is -1.94. The molecule has 0 aliphatic carbocycles. The minimum atomic E-state index is 0.0606. The topological polar surface area (TPSA) is 49.7 Å². The minimum Gasteiger partial charge on any atom is -0.508 e. The largest absolute Gasteiger partial charge is 0.508 e. The van der Waals surface area contributed by atoms with Gasteiger partial charge in [-0.2, -0.15) is 0 Å². The second-order valence-electron chi connectivity index (χ2n) is 2.65. The summed E-state index contributed by atoms with van der Waals surface area (Å²) in [6, 6.07) is 4.69. The molecule has 3 nitrogen and oxygen atoms in total. The molecule has 2 rings (SSSR count). The zero-order valence-corrected chi connectivity index (χ0v) is 7.76. The van der Waals surface area contributed by atoms with E-state index in [9.17, 15) is 10.2 Å². The van der Waals surface area contributed by atoms with E-state index in [1.54, 1.807) is 19.2 Å². The van der Waals surface area contributed by atoms with Crippen LogP contribution in [0.5, 0.6) is 16.6 Å². The maximum atomic E-state index is 9.46. The number of methoxy groups -OCH3 is 1. The molecule has 2 N–H and O–H groups in total. The van der Waals surface area contributed by atoms with Crippen LogP contribution in [0, 0.1) is 0 Å². The lowest BCUT2D eigenvalue weighted by atomic mass is 10.2. The third-order valence-corrected chi connectivity index (χ3v) is 2.89. The fraction of sp³-hybridized carbons (Fsp3) is 0.111. The normalized spacial score (nSPS) is 10.5. The lowest BCUT2D eigenvalue weighted by molar-refractivity contribution is 0.427. The van der Waals surface area contributed by atoms with E-state index in [2.05, 4.69) is 0 Å². The molecule has 0 saturated carbocycles. The van der Waals surface area contributed by atoms with E-state index in [4.69, 9.17) is 4.74 Å².